The third-order valence-corrected chi connectivity index (χ3v) is 10.1. The van der Waals surface area contributed by atoms with Crippen molar-refractivity contribution in [3.63, 3.8) is 0 Å². The van der Waals surface area contributed by atoms with Gasteiger partial charge in [0.1, 0.15) is 28.8 Å². The second kappa shape index (κ2) is 10.1. The lowest BCUT2D eigenvalue weighted by Crippen LogP contribution is -2.63. The molecule has 1 aliphatic heterocycles. The van der Waals surface area contributed by atoms with Gasteiger partial charge in [-0.05, 0) is 48.7 Å². The van der Waals surface area contributed by atoms with Crippen LogP contribution >= 0.6 is 0 Å². The second-order valence-electron chi connectivity index (χ2n) is 12.5. The van der Waals surface area contributed by atoms with Crippen molar-refractivity contribution in [3.05, 3.63) is 111 Å². The largest absolute Gasteiger partial charge is 0.508 e. The minimum absolute atomic E-state index is 0.00931. The molecule has 0 radical (unpaired) electrons. The number of nitrogens with zero attached hydrogens (tertiary/aromatic N) is 1. The first-order chi connectivity index (χ1) is 21.6. The first-order valence-electron chi connectivity index (χ1n) is 15.0. The predicted molar refractivity (Wildman–Crippen MR) is 168 cm³/mol. The number of aromatic nitrogens is 2. The van der Waals surface area contributed by atoms with E-state index in [4.69, 9.17) is 23.9 Å². The Hall–Kier alpha value is -4.76. The van der Waals surface area contributed by atoms with Gasteiger partial charge in [-0.3, -0.25) is 4.79 Å². The maximum atomic E-state index is 14.4. The predicted octanol–water partition coefficient (Wildman–Crippen LogP) is 5.64. The highest BCUT2D eigenvalue weighted by molar-refractivity contribution is 5.69. The minimum Gasteiger partial charge on any atom is -0.508 e. The average molecular weight is 609 g/mol. The van der Waals surface area contributed by atoms with E-state index in [9.17, 15) is 15.0 Å². The number of H-pyrrole nitrogens is 1. The molecule has 5 atom stereocenters. The number of aromatic hydroxyl groups is 1. The summed E-state index contributed by atoms with van der Waals surface area (Å²) in [6, 6.07) is 19.6. The van der Waals surface area contributed by atoms with Crippen molar-refractivity contribution in [1.82, 2.24) is 9.97 Å². The molecule has 7 rings (SSSR count). The molecule has 0 bridgehead atoms. The summed E-state index contributed by atoms with van der Waals surface area (Å²) >= 11 is 0. The molecule has 2 heterocycles. The zero-order valence-corrected chi connectivity index (χ0v) is 25.9. The Kier molecular flexibility index (Phi) is 6.53. The maximum absolute atomic E-state index is 14.4. The number of ether oxygens (including phenoxy) is 4. The molecule has 2 unspecified atom stereocenters. The first-order valence-corrected chi connectivity index (χ1v) is 15.0. The number of nitrogens with one attached hydrogen (secondary N) is 1. The Balaban J connectivity index is 1.62. The first kappa shape index (κ1) is 29.0. The summed E-state index contributed by atoms with van der Waals surface area (Å²) < 4.78 is 24.5. The SMILES string of the molecule is COC1=CCC(C)([C@@]23Oc4cc(OC)cc(OC)c4[C@]2(O)c2nc(-c4ccc(O)cc4)[nH]c(=O)c2[C@H]3c2ccccc2)CC1C. The Morgan fingerprint density at radius 2 is 1.73 bits per heavy atom. The third kappa shape index (κ3) is 3.83. The van der Waals surface area contributed by atoms with Gasteiger partial charge in [-0.15, -0.1) is 0 Å². The minimum atomic E-state index is -1.93. The number of rotatable bonds is 6. The van der Waals surface area contributed by atoms with Crippen molar-refractivity contribution >= 4 is 0 Å². The number of aromatic amines is 1. The van der Waals surface area contributed by atoms with Gasteiger partial charge < -0.3 is 34.1 Å². The van der Waals surface area contributed by atoms with Crippen LogP contribution in [0.3, 0.4) is 0 Å². The van der Waals surface area contributed by atoms with E-state index in [2.05, 4.69) is 24.9 Å². The van der Waals surface area contributed by atoms with Crippen LogP contribution < -0.4 is 19.8 Å². The Morgan fingerprint density at radius 1 is 1.00 bits per heavy atom. The summed E-state index contributed by atoms with van der Waals surface area (Å²) in [4.78, 5) is 22.4. The van der Waals surface area contributed by atoms with E-state index in [1.165, 1.54) is 19.2 Å². The maximum Gasteiger partial charge on any atom is 0.255 e. The van der Waals surface area contributed by atoms with Gasteiger partial charge in [-0.2, -0.15) is 0 Å². The molecular weight excluding hydrogens is 572 g/mol. The molecule has 9 nitrogen and oxygen atoms in total. The topological polar surface area (TPSA) is 123 Å². The van der Waals surface area contributed by atoms with Crippen molar-refractivity contribution in [1.29, 1.82) is 0 Å². The van der Waals surface area contributed by atoms with Gasteiger partial charge in [0.05, 0.1) is 49.8 Å². The molecule has 4 aromatic rings. The number of hydrogen-bond donors (Lipinski definition) is 3. The molecule has 3 aromatic carbocycles. The number of allylic oxidation sites excluding steroid dienone is 2. The molecule has 0 amide bonds. The van der Waals surface area contributed by atoms with Crippen LogP contribution in [-0.4, -0.2) is 47.1 Å². The van der Waals surface area contributed by atoms with Crippen LogP contribution in [0.15, 0.2) is 83.4 Å². The summed E-state index contributed by atoms with van der Waals surface area (Å²) in [5.41, 5.74) is -2.15. The zero-order chi connectivity index (χ0) is 31.7. The van der Waals surface area contributed by atoms with Gasteiger partial charge >= 0.3 is 0 Å². The van der Waals surface area contributed by atoms with Crippen LogP contribution in [0.4, 0.5) is 0 Å². The van der Waals surface area contributed by atoms with E-state index in [1.54, 1.807) is 38.5 Å². The molecule has 45 heavy (non-hydrogen) atoms. The van der Waals surface area contributed by atoms with Crippen LogP contribution in [0.1, 0.15) is 55.0 Å². The molecular formula is C36H36N2O7. The summed E-state index contributed by atoms with van der Waals surface area (Å²) in [5.74, 6) is 1.79. The van der Waals surface area contributed by atoms with Crippen molar-refractivity contribution in [2.45, 2.75) is 43.8 Å². The molecule has 3 aliphatic rings. The average Bonchev–Trinajstić information content (AvgIpc) is 3.45. The highest BCUT2D eigenvalue weighted by atomic mass is 16.5. The number of phenolic OH excluding ortho intramolecular Hbond substituents is 1. The molecule has 232 valence electrons. The summed E-state index contributed by atoms with van der Waals surface area (Å²) in [6.45, 7) is 4.21. The number of fused-ring (bicyclic) bond motifs is 5. The molecule has 0 spiro atoms. The fourth-order valence-corrected chi connectivity index (χ4v) is 8.19. The lowest BCUT2D eigenvalue weighted by Gasteiger charge is -2.53. The van der Waals surface area contributed by atoms with Gasteiger partial charge in [0.25, 0.3) is 5.56 Å². The van der Waals surface area contributed by atoms with Gasteiger partial charge in [0.15, 0.2) is 11.2 Å². The Labute approximate surface area is 261 Å². The van der Waals surface area contributed by atoms with Crippen LogP contribution in [0.25, 0.3) is 11.4 Å². The van der Waals surface area contributed by atoms with Crippen LogP contribution in [-0.2, 0) is 10.3 Å². The molecule has 0 saturated heterocycles. The van der Waals surface area contributed by atoms with Crippen molar-refractivity contribution < 1.29 is 29.2 Å². The van der Waals surface area contributed by atoms with Gasteiger partial charge in [0.2, 0.25) is 0 Å². The van der Waals surface area contributed by atoms with Crippen LogP contribution in [0.5, 0.6) is 23.0 Å². The third-order valence-electron chi connectivity index (χ3n) is 10.1. The summed E-state index contributed by atoms with van der Waals surface area (Å²) in [7, 11) is 4.77. The van der Waals surface area contributed by atoms with Gasteiger partial charge in [-0.1, -0.05) is 44.2 Å². The smallest absolute Gasteiger partial charge is 0.255 e. The Bertz CT molecular complexity index is 1890. The monoisotopic (exact) mass is 608 g/mol. The molecule has 9 heteroatoms. The molecule has 0 fully saturated rings. The van der Waals surface area contributed by atoms with Crippen molar-refractivity contribution in [2.75, 3.05) is 21.3 Å². The van der Waals surface area contributed by atoms with Gasteiger partial charge in [0, 0.05) is 29.0 Å². The van der Waals surface area contributed by atoms with Crippen LogP contribution in [0, 0.1) is 11.3 Å². The number of aliphatic hydroxyl groups is 1. The fraction of sp³-hybridized carbons (Fsp3) is 0.333. The number of phenols is 1. The highest BCUT2D eigenvalue weighted by Gasteiger charge is 2.78. The van der Waals surface area contributed by atoms with E-state index in [-0.39, 0.29) is 28.7 Å². The summed E-state index contributed by atoms with van der Waals surface area (Å²) in [6.07, 6.45) is 3.18. The lowest BCUT2D eigenvalue weighted by atomic mass is 9.54. The number of hydrogen-bond acceptors (Lipinski definition) is 8. The molecule has 1 aromatic heterocycles. The van der Waals surface area contributed by atoms with E-state index in [0.29, 0.717) is 46.8 Å². The standard InChI is InChI=1S/C36H36N2O7/c1-20-19-34(2,16-15-25(20)43-4)36-29(21-9-7-6-8-10-21)28-31(37-32(38-33(28)40)22-11-13-23(39)14-12-22)35(36,41)30-26(44-5)17-24(42-3)18-27(30)45-36/h6-15,17-18,20,29,39,41H,16,19H2,1-5H3,(H,37,38,40)/t20?,29-,34?,35+,36-/m1/s1. The second-order valence-corrected chi connectivity index (χ2v) is 12.5. The number of methoxy groups -OCH3 is 3. The quantitative estimate of drug-likeness (QED) is 0.257. The lowest BCUT2D eigenvalue weighted by molar-refractivity contribution is -0.166. The summed E-state index contributed by atoms with van der Waals surface area (Å²) in [5, 5.41) is 23.6. The Morgan fingerprint density at radius 3 is 2.38 bits per heavy atom. The fourth-order valence-electron chi connectivity index (χ4n) is 8.19. The molecule has 2 aliphatic carbocycles. The normalized spacial score (nSPS) is 27.9. The zero-order valence-electron chi connectivity index (χ0n) is 25.9. The van der Waals surface area contributed by atoms with Gasteiger partial charge in [-0.25, -0.2) is 4.98 Å². The van der Waals surface area contributed by atoms with Crippen LogP contribution in [0.2, 0.25) is 0 Å². The van der Waals surface area contributed by atoms with E-state index in [1.807, 2.05) is 30.3 Å². The molecule has 3 N–H and O–H groups in total. The van der Waals surface area contributed by atoms with Crippen molar-refractivity contribution in [2.24, 2.45) is 11.3 Å². The highest BCUT2D eigenvalue weighted by Crippen LogP contribution is 2.72. The van der Waals surface area contributed by atoms with E-state index in [0.717, 1.165) is 11.3 Å². The van der Waals surface area contributed by atoms with E-state index >= 15 is 0 Å². The van der Waals surface area contributed by atoms with E-state index < -0.39 is 22.5 Å². The van der Waals surface area contributed by atoms with Crippen molar-refractivity contribution in [3.8, 4) is 34.4 Å². The molecule has 0 saturated carbocycles. The number of benzene rings is 3.